The summed E-state index contributed by atoms with van der Waals surface area (Å²) in [6.45, 7) is 3.65. The molecule has 0 bridgehead atoms. The van der Waals surface area contributed by atoms with E-state index in [1.165, 1.54) is 4.88 Å². The molecule has 1 fully saturated rings. The molecule has 0 aromatic carbocycles. The van der Waals surface area contributed by atoms with Gasteiger partial charge in [0.1, 0.15) is 0 Å². The summed E-state index contributed by atoms with van der Waals surface area (Å²) in [5.41, 5.74) is 0. The molecule has 0 unspecified atom stereocenters. The van der Waals surface area contributed by atoms with Gasteiger partial charge in [-0.25, -0.2) is 0 Å². The van der Waals surface area contributed by atoms with E-state index in [2.05, 4.69) is 34.6 Å². The molecule has 96 valence electrons. The predicted molar refractivity (Wildman–Crippen MR) is 68.9 cm³/mol. The Morgan fingerprint density at radius 1 is 1.56 bits per heavy atom. The van der Waals surface area contributed by atoms with Gasteiger partial charge in [-0.05, 0) is 24.3 Å². The van der Waals surface area contributed by atoms with Crippen molar-refractivity contribution in [2.24, 2.45) is 0 Å². The maximum atomic E-state index is 5.38. The first-order valence-corrected chi connectivity index (χ1v) is 7.14. The summed E-state index contributed by atoms with van der Waals surface area (Å²) >= 11 is 1.77. The van der Waals surface area contributed by atoms with Crippen molar-refractivity contribution in [2.45, 2.75) is 31.6 Å². The highest BCUT2D eigenvalue weighted by molar-refractivity contribution is 7.09. The highest BCUT2D eigenvalue weighted by Gasteiger charge is 2.24. The van der Waals surface area contributed by atoms with Crippen molar-refractivity contribution in [3.05, 3.63) is 34.1 Å². The number of ether oxygens (including phenoxy) is 1. The van der Waals surface area contributed by atoms with Crippen molar-refractivity contribution >= 4 is 11.3 Å². The second-order valence-corrected chi connectivity index (χ2v) is 5.77. The largest absolute Gasteiger partial charge is 0.381 e. The van der Waals surface area contributed by atoms with Crippen LogP contribution in [0.15, 0.2) is 22.0 Å². The van der Waals surface area contributed by atoms with Gasteiger partial charge in [0.05, 0.1) is 6.61 Å². The molecule has 3 rings (SSSR count). The summed E-state index contributed by atoms with van der Waals surface area (Å²) in [7, 11) is 0. The lowest BCUT2D eigenvalue weighted by atomic mass is 10.1. The van der Waals surface area contributed by atoms with Crippen LogP contribution in [0.5, 0.6) is 0 Å². The van der Waals surface area contributed by atoms with Crippen LogP contribution < -0.4 is 0 Å². The molecule has 0 N–H and O–H groups in total. The van der Waals surface area contributed by atoms with Crippen LogP contribution in [-0.4, -0.2) is 23.4 Å². The molecule has 3 heterocycles. The van der Waals surface area contributed by atoms with Crippen LogP contribution >= 0.6 is 11.3 Å². The van der Waals surface area contributed by atoms with E-state index in [4.69, 9.17) is 9.26 Å². The zero-order valence-corrected chi connectivity index (χ0v) is 11.2. The van der Waals surface area contributed by atoms with Crippen LogP contribution in [0.4, 0.5) is 0 Å². The fourth-order valence-corrected chi connectivity index (χ4v) is 3.00. The third kappa shape index (κ3) is 2.47. The highest BCUT2D eigenvalue weighted by Crippen LogP contribution is 2.26. The summed E-state index contributed by atoms with van der Waals surface area (Å²) in [4.78, 5) is 5.87. The molecule has 1 aliphatic heterocycles. The molecule has 5 heteroatoms. The first kappa shape index (κ1) is 11.9. The lowest BCUT2D eigenvalue weighted by Gasteiger charge is -2.03. The van der Waals surface area contributed by atoms with E-state index < -0.39 is 0 Å². The van der Waals surface area contributed by atoms with Crippen molar-refractivity contribution in [2.75, 3.05) is 13.2 Å². The third-order valence-corrected chi connectivity index (χ3v) is 4.16. The average molecular weight is 264 g/mol. The van der Waals surface area contributed by atoms with Gasteiger partial charge in [0.15, 0.2) is 5.82 Å². The van der Waals surface area contributed by atoms with E-state index in [0.717, 1.165) is 37.8 Å². The fourth-order valence-electron chi connectivity index (χ4n) is 2.17. The predicted octanol–water partition coefficient (Wildman–Crippen LogP) is 2.98. The Labute approximate surface area is 110 Å². The summed E-state index contributed by atoms with van der Waals surface area (Å²) in [6.07, 6.45) is 1.96. The zero-order valence-electron chi connectivity index (χ0n) is 10.3. The number of thiophene rings is 1. The normalized spacial score (nSPS) is 21.3. The lowest BCUT2D eigenvalue weighted by molar-refractivity contribution is 0.192. The number of nitrogens with zero attached hydrogens (tertiary/aromatic N) is 2. The number of rotatable bonds is 4. The second kappa shape index (κ2) is 5.20. The number of aromatic nitrogens is 2. The van der Waals surface area contributed by atoms with Gasteiger partial charge in [0.2, 0.25) is 5.89 Å². The maximum absolute atomic E-state index is 5.38. The molecule has 0 amide bonds. The van der Waals surface area contributed by atoms with Crippen molar-refractivity contribution in [3.8, 4) is 0 Å². The molecule has 2 aromatic heterocycles. The van der Waals surface area contributed by atoms with Crippen LogP contribution in [0, 0.1) is 0 Å². The lowest BCUT2D eigenvalue weighted by Crippen LogP contribution is -2.01. The van der Waals surface area contributed by atoms with Crippen LogP contribution in [0.1, 0.15) is 41.8 Å². The number of hydrogen-bond acceptors (Lipinski definition) is 5. The molecular weight excluding hydrogens is 248 g/mol. The Morgan fingerprint density at radius 2 is 2.50 bits per heavy atom. The SMILES string of the molecule is C[C@@H](Cc1cccs1)c1nc([C@@H]2CCOC2)no1. The Morgan fingerprint density at radius 3 is 3.22 bits per heavy atom. The molecule has 0 saturated carbocycles. The van der Waals surface area contributed by atoms with Gasteiger partial charge in [-0.3, -0.25) is 0 Å². The monoisotopic (exact) mass is 264 g/mol. The van der Waals surface area contributed by atoms with Crippen LogP contribution in [0.2, 0.25) is 0 Å². The van der Waals surface area contributed by atoms with E-state index in [0.29, 0.717) is 5.92 Å². The second-order valence-electron chi connectivity index (χ2n) is 4.74. The Kier molecular flexibility index (Phi) is 3.43. The summed E-state index contributed by atoms with van der Waals surface area (Å²) in [6, 6.07) is 4.21. The minimum Gasteiger partial charge on any atom is -0.381 e. The summed E-state index contributed by atoms with van der Waals surface area (Å²) in [5.74, 6) is 2.13. The van der Waals surface area contributed by atoms with E-state index in [-0.39, 0.29) is 5.92 Å². The van der Waals surface area contributed by atoms with Crippen molar-refractivity contribution in [1.82, 2.24) is 10.1 Å². The third-order valence-electron chi connectivity index (χ3n) is 3.26. The topological polar surface area (TPSA) is 48.2 Å². The molecule has 4 nitrogen and oxygen atoms in total. The van der Waals surface area contributed by atoms with Gasteiger partial charge in [0.25, 0.3) is 0 Å². The zero-order chi connectivity index (χ0) is 12.4. The maximum Gasteiger partial charge on any atom is 0.229 e. The average Bonchev–Trinajstić information content (AvgIpc) is 3.11. The molecule has 1 saturated heterocycles. The summed E-state index contributed by atoms with van der Waals surface area (Å²) < 4.78 is 10.7. The van der Waals surface area contributed by atoms with Gasteiger partial charge in [-0.15, -0.1) is 11.3 Å². The molecule has 2 atom stereocenters. The Bertz CT molecular complexity index is 489. The molecule has 2 aromatic rings. The van der Waals surface area contributed by atoms with E-state index in [1.807, 2.05) is 0 Å². The van der Waals surface area contributed by atoms with E-state index in [1.54, 1.807) is 11.3 Å². The van der Waals surface area contributed by atoms with Crippen LogP contribution in [0.3, 0.4) is 0 Å². The Balaban J connectivity index is 1.68. The number of hydrogen-bond donors (Lipinski definition) is 0. The van der Waals surface area contributed by atoms with Gasteiger partial charge in [-0.1, -0.05) is 18.1 Å². The minimum absolute atomic E-state index is 0.271. The molecule has 0 radical (unpaired) electrons. The fraction of sp³-hybridized carbons (Fsp3) is 0.538. The molecule has 0 spiro atoms. The van der Waals surface area contributed by atoms with Crippen molar-refractivity contribution in [1.29, 1.82) is 0 Å². The first-order chi connectivity index (χ1) is 8.83. The van der Waals surface area contributed by atoms with Crippen LogP contribution in [0.25, 0.3) is 0 Å². The molecule has 18 heavy (non-hydrogen) atoms. The van der Waals surface area contributed by atoms with Gasteiger partial charge in [0, 0.05) is 23.3 Å². The van der Waals surface area contributed by atoms with Gasteiger partial charge >= 0.3 is 0 Å². The standard InChI is InChI=1S/C13H16N2O2S/c1-9(7-11-3-2-6-18-11)13-14-12(15-17-13)10-4-5-16-8-10/h2-3,6,9-10H,4-5,7-8H2,1H3/t9-,10+/m0/s1. The minimum atomic E-state index is 0.271. The van der Waals surface area contributed by atoms with E-state index in [9.17, 15) is 0 Å². The van der Waals surface area contributed by atoms with Crippen molar-refractivity contribution in [3.63, 3.8) is 0 Å². The van der Waals surface area contributed by atoms with Gasteiger partial charge < -0.3 is 9.26 Å². The molecule has 0 aliphatic carbocycles. The van der Waals surface area contributed by atoms with Crippen LogP contribution in [-0.2, 0) is 11.2 Å². The molecular formula is C13H16N2O2S. The Hall–Kier alpha value is -1.20. The highest BCUT2D eigenvalue weighted by atomic mass is 32.1. The first-order valence-electron chi connectivity index (χ1n) is 6.26. The van der Waals surface area contributed by atoms with E-state index >= 15 is 0 Å². The smallest absolute Gasteiger partial charge is 0.229 e. The molecule has 1 aliphatic rings. The van der Waals surface area contributed by atoms with Gasteiger partial charge in [-0.2, -0.15) is 4.98 Å². The van der Waals surface area contributed by atoms with Crippen molar-refractivity contribution < 1.29 is 9.26 Å². The summed E-state index contributed by atoms with van der Waals surface area (Å²) in [5, 5.41) is 6.18. The quantitative estimate of drug-likeness (QED) is 0.851.